The first-order valence-electron chi connectivity index (χ1n) is 3.15. The monoisotopic (exact) mass is 171 g/mol. The van der Waals surface area contributed by atoms with Gasteiger partial charge in [0.15, 0.2) is 0 Å². The predicted molar refractivity (Wildman–Crippen MR) is 38.6 cm³/mol. The summed E-state index contributed by atoms with van der Waals surface area (Å²) in [6.07, 6.45) is -0.0185. The zero-order valence-electron chi connectivity index (χ0n) is 5.81. The highest BCUT2D eigenvalue weighted by molar-refractivity contribution is 5.85. The summed E-state index contributed by atoms with van der Waals surface area (Å²) in [5.74, 6) is -2.35. The third kappa shape index (κ3) is 2.06. The number of hydrogen-bond donors (Lipinski definition) is 1. The molecule has 0 heterocycles. The van der Waals surface area contributed by atoms with E-state index in [4.69, 9.17) is 5.73 Å². The Kier molecular flexibility index (Phi) is 3.04. The van der Waals surface area contributed by atoms with Gasteiger partial charge in [-0.15, -0.1) is 12.4 Å². The van der Waals surface area contributed by atoms with Crippen molar-refractivity contribution in [2.45, 2.75) is 31.7 Å². The molecule has 0 bridgehead atoms. The molecule has 1 saturated carbocycles. The van der Waals surface area contributed by atoms with Crippen molar-refractivity contribution in [3.8, 4) is 0 Å². The fourth-order valence-electron chi connectivity index (χ4n) is 1.08. The van der Waals surface area contributed by atoms with Crippen molar-refractivity contribution in [2.24, 2.45) is 11.7 Å². The predicted octanol–water partition coefficient (Wildman–Crippen LogP) is 1.80. The molecule has 0 amide bonds. The van der Waals surface area contributed by atoms with Gasteiger partial charge in [0.1, 0.15) is 0 Å². The van der Waals surface area contributed by atoms with Gasteiger partial charge in [0, 0.05) is 18.9 Å². The van der Waals surface area contributed by atoms with Gasteiger partial charge in [-0.25, -0.2) is 8.78 Å². The summed E-state index contributed by atoms with van der Waals surface area (Å²) >= 11 is 0. The second-order valence-electron chi connectivity index (χ2n) is 2.88. The molecule has 1 aliphatic carbocycles. The summed E-state index contributed by atoms with van der Waals surface area (Å²) < 4.78 is 24.2. The second kappa shape index (κ2) is 3.01. The standard InChI is InChI=1S/C6H11F2N.ClH/c1-4(9)5-2-6(7,8)3-5;/h4-5H,2-3,9H2,1H3;1H/t4-;/m0./s1. The molecule has 0 saturated heterocycles. The smallest absolute Gasteiger partial charge is 0.248 e. The van der Waals surface area contributed by atoms with Crippen molar-refractivity contribution >= 4 is 12.4 Å². The van der Waals surface area contributed by atoms with Crippen LogP contribution < -0.4 is 5.73 Å². The van der Waals surface area contributed by atoms with E-state index in [-0.39, 0.29) is 37.2 Å². The minimum absolute atomic E-state index is 0. The second-order valence-corrected chi connectivity index (χ2v) is 2.88. The number of halogens is 3. The number of hydrogen-bond acceptors (Lipinski definition) is 1. The largest absolute Gasteiger partial charge is 0.328 e. The first-order chi connectivity index (χ1) is 4.01. The Balaban J connectivity index is 0.000000810. The number of nitrogens with two attached hydrogens (primary N) is 1. The molecular formula is C6H12ClF2N. The van der Waals surface area contributed by atoms with E-state index in [1.807, 2.05) is 0 Å². The lowest BCUT2D eigenvalue weighted by Crippen LogP contribution is -2.44. The van der Waals surface area contributed by atoms with Crippen molar-refractivity contribution in [1.29, 1.82) is 0 Å². The van der Waals surface area contributed by atoms with Gasteiger partial charge >= 0.3 is 0 Å². The number of rotatable bonds is 1. The third-order valence-electron chi connectivity index (χ3n) is 1.87. The van der Waals surface area contributed by atoms with Gasteiger partial charge in [-0.1, -0.05) is 0 Å². The molecule has 1 fully saturated rings. The van der Waals surface area contributed by atoms with Crippen LogP contribution in [0, 0.1) is 5.92 Å². The minimum Gasteiger partial charge on any atom is -0.328 e. The molecule has 1 aliphatic rings. The van der Waals surface area contributed by atoms with E-state index in [2.05, 4.69) is 0 Å². The Morgan fingerprint density at radius 2 is 1.90 bits per heavy atom. The molecule has 0 unspecified atom stereocenters. The van der Waals surface area contributed by atoms with E-state index in [9.17, 15) is 8.78 Å². The molecule has 0 spiro atoms. The molecular weight excluding hydrogens is 160 g/mol. The lowest BCUT2D eigenvalue weighted by molar-refractivity contribution is -0.115. The number of alkyl halides is 2. The van der Waals surface area contributed by atoms with E-state index in [1.165, 1.54) is 0 Å². The molecule has 1 atom stereocenters. The molecule has 1 rings (SSSR count). The van der Waals surface area contributed by atoms with Crippen molar-refractivity contribution in [1.82, 2.24) is 0 Å². The Bertz CT molecular complexity index is 108. The summed E-state index contributed by atoms with van der Waals surface area (Å²) in [5, 5.41) is 0. The van der Waals surface area contributed by atoms with E-state index >= 15 is 0 Å². The van der Waals surface area contributed by atoms with Gasteiger partial charge in [0.05, 0.1) is 0 Å². The van der Waals surface area contributed by atoms with Gasteiger partial charge in [-0.05, 0) is 12.8 Å². The molecule has 0 aliphatic heterocycles. The summed E-state index contributed by atoms with van der Waals surface area (Å²) in [5.41, 5.74) is 5.39. The molecule has 62 valence electrons. The summed E-state index contributed by atoms with van der Waals surface area (Å²) in [4.78, 5) is 0. The van der Waals surface area contributed by atoms with Crippen LogP contribution in [0.2, 0.25) is 0 Å². The Labute approximate surface area is 65.4 Å². The average molecular weight is 172 g/mol. The molecule has 2 N–H and O–H groups in total. The topological polar surface area (TPSA) is 26.0 Å². The van der Waals surface area contributed by atoms with Crippen LogP contribution in [-0.4, -0.2) is 12.0 Å². The van der Waals surface area contributed by atoms with Gasteiger partial charge in [-0.2, -0.15) is 0 Å². The van der Waals surface area contributed by atoms with Crippen LogP contribution in [-0.2, 0) is 0 Å². The maximum atomic E-state index is 12.1. The van der Waals surface area contributed by atoms with Gasteiger partial charge in [0.25, 0.3) is 0 Å². The van der Waals surface area contributed by atoms with Crippen LogP contribution >= 0.6 is 12.4 Å². The van der Waals surface area contributed by atoms with Crippen LogP contribution in [0.4, 0.5) is 8.78 Å². The van der Waals surface area contributed by atoms with Gasteiger partial charge < -0.3 is 5.73 Å². The molecule has 0 aromatic carbocycles. The first-order valence-corrected chi connectivity index (χ1v) is 3.15. The highest BCUT2D eigenvalue weighted by atomic mass is 35.5. The van der Waals surface area contributed by atoms with E-state index in [1.54, 1.807) is 6.92 Å². The normalized spacial score (nSPS) is 26.4. The highest BCUT2D eigenvalue weighted by Crippen LogP contribution is 2.43. The highest BCUT2D eigenvalue weighted by Gasteiger charge is 2.46. The molecule has 1 nitrogen and oxygen atoms in total. The summed E-state index contributed by atoms with van der Waals surface area (Å²) in [6.45, 7) is 1.78. The Hall–Kier alpha value is 0.110. The molecule has 0 aromatic rings. The van der Waals surface area contributed by atoms with Crippen molar-refractivity contribution in [3.63, 3.8) is 0 Å². The van der Waals surface area contributed by atoms with Gasteiger partial charge in [-0.3, -0.25) is 0 Å². The first kappa shape index (κ1) is 10.1. The summed E-state index contributed by atoms with van der Waals surface area (Å²) in [7, 11) is 0. The van der Waals surface area contributed by atoms with Crippen LogP contribution in [0.15, 0.2) is 0 Å². The lowest BCUT2D eigenvalue weighted by atomic mass is 9.77. The quantitative estimate of drug-likeness (QED) is 0.640. The zero-order chi connectivity index (χ0) is 7.07. The van der Waals surface area contributed by atoms with E-state index < -0.39 is 5.92 Å². The van der Waals surface area contributed by atoms with Crippen molar-refractivity contribution in [3.05, 3.63) is 0 Å². The fourth-order valence-corrected chi connectivity index (χ4v) is 1.08. The molecule has 0 aromatic heterocycles. The van der Waals surface area contributed by atoms with Crippen molar-refractivity contribution < 1.29 is 8.78 Å². The van der Waals surface area contributed by atoms with E-state index in [0.717, 1.165) is 0 Å². The maximum absolute atomic E-state index is 12.1. The molecule has 0 radical (unpaired) electrons. The van der Waals surface area contributed by atoms with Crippen LogP contribution in [0.5, 0.6) is 0 Å². The third-order valence-corrected chi connectivity index (χ3v) is 1.87. The van der Waals surface area contributed by atoms with E-state index in [0.29, 0.717) is 0 Å². The lowest BCUT2D eigenvalue weighted by Gasteiger charge is -2.37. The average Bonchev–Trinajstić information content (AvgIpc) is 1.59. The van der Waals surface area contributed by atoms with Crippen molar-refractivity contribution in [2.75, 3.05) is 0 Å². The van der Waals surface area contributed by atoms with Crippen LogP contribution in [0.1, 0.15) is 19.8 Å². The van der Waals surface area contributed by atoms with Crippen LogP contribution in [0.25, 0.3) is 0 Å². The minimum atomic E-state index is -2.40. The SMILES string of the molecule is C[C@H](N)C1CC(F)(F)C1.Cl. The Morgan fingerprint density at radius 1 is 1.50 bits per heavy atom. The molecule has 4 heteroatoms. The fraction of sp³-hybridized carbons (Fsp3) is 1.00. The maximum Gasteiger partial charge on any atom is 0.248 e. The molecule has 10 heavy (non-hydrogen) atoms. The Morgan fingerprint density at radius 3 is 2.00 bits per heavy atom. The zero-order valence-corrected chi connectivity index (χ0v) is 6.63. The van der Waals surface area contributed by atoms with Crippen LogP contribution in [0.3, 0.4) is 0 Å². The summed E-state index contributed by atoms with van der Waals surface area (Å²) in [6, 6.07) is -0.0652. The van der Waals surface area contributed by atoms with Gasteiger partial charge in [0.2, 0.25) is 5.92 Å².